The third kappa shape index (κ3) is 2.75. The summed E-state index contributed by atoms with van der Waals surface area (Å²) in [4.78, 5) is 16.5. The van der Waals surface area contributed by atoms with Gasteiger partial charge in [0.25, 0.3) is 0 Å². The van der Waals surface area contributed by atoms with Gasteiger partial charge in [-0.05, 0) is 43.7 Å². The van der Waals surface area contributed by atoms with Crippen molar-refractivity contribution in [3.8, 4) is 22.6 Å². The second kappa shape index (κ2) is 6.15. The molecule has 0 aliphatic heterocycles. The minimum Gasteiger partial charge on any atom is -0.478 e. The molecule has 4 rings (SSSR count). The topological polar surface area (TPSA) is 63.3 Å². The number of pyridine rings is 1. The van der Waals surface area contributed by atoms with Crippen LogP contribution in [0.1, 0.15) is 21.5 Å². The van der Waals surface area contributed by atoms with Crippen molar-refractivity contribution >= 4 is 16.9 Å². The van der Waals surface area contributed by atoms with Gasteiger partial charge in [-0.2, -0.15) is 0 Å². The number of fused-ring (bicyclic) bond motifs is 1. The minimum atomic E-state index is -0.948. The molecule has 4 nitrogen and oxygen atoms in total. The molecule has 0 unspecified atom stereocenters. The van der Waals surface area contributed by atoms with E-state index in [9.17, 15) is 9.90 Å². The maximum Gasteiger partial charge on any atom is 0.336 e. The van der Waals surface area contributed by atoms with Gasteiger partial charge >= 0.3 is 5.97 Å². The van der Waals surface area contributed by atoms with Crippen LogP contribution in [0.4, 0.5) is 0 Å². The van der Waals surface area contributed by atoms with E-state index in [1.807, 2.05) is 62.4 Å². The molecule has 128 valence electrons. The van der Waals surface area contributed by atoms with Crippen molar-refractivity contribution in [3.63, 3.8) is 0 Å². The standard InChI is InChI=1S/C22H17NO3/c1-13-10-14(2)21-17(11-13)18(22(24)25)12-19(23-21)15-5-7-16(8-6-15)20-4-3-9-26-20/h3-12H,1-2H3,(H,24,25). The van der Waals surface area contributed by atoms with Crippen LogP contribution in [0.5, 0.6) is 0 Å². The molecule has 0 bridgehead atoms. The Morgan fingerprint density at radius 1 is 1.00 bits per heavy atom. The normalized spacial score (nSPS) is 11.0. The summed E-state index contributed by atoms with van der Waals surface area (Å²) < 4.78 is 5.41. The molecule has 0 saturated heterocycles. The highest BCUT2D eigenvalue weighted by Crippen LogP contribution is 2.29. The number of rotatable bonds is 3. The number of carboxylic acid groups (broad SMARTS) is 1. The maximum atomic E-state index is 11.8. The van der Waals surface area contributed by atoms with Gasteiger partial charge < -0.3 is 9.52 Å². The predicted octanol–water partition coefficient (Wildman–Crippen LogP) is 5.48. The fourth-order valence-corrected chi connectivity index (χ4v) is 3.25. The van der Waals surface area contributed by atoms with Crippen molar-refractivity contribution in [2.75, 3.05) is 0 Å². The van der Waals surface area contributed by atoms with Gasteiger partial charge in [0, 0.05) is 16.5 Å². The summed E-state index contributed by atoms with van der Waals surface area (Å²) in [6.45, 7) is 3.91. The lowest BCUT2D eigenvalue weighted by Gasteiger charge is -2.10. The first-order chi connectivity index (χ1) is 12.5. The molecule has 26 heavy (non-hydrogen) atoms. The lowest BCUT2D eigenvalue weighted by atomic mass is 9.99. The van der Waals surface area contributed by atoms with Crippen molar-refractivity contribution in [2.24, 2.45) is 0 Å². The van der Waals surface area contributed by atoms with Crippen LogP contribution < -0.4 is 0 Å². The lowest BCUT2D eigenvalue weighted by Crippen LogP contribution is -2.01. The summed E-state index contributed by atoms with van der Waals surface area (Å²) in [5.41, 5.74) is 5.46. The van der Waals surface area contributed by atoms with E-state index in [0.29, 0.717) is 11.1 Å². The second-order valence-corrected chi connectivity index (χ2v) is 6.39. The Bertz CT molecular complexity index is 1110. The molecule has 0 amide bonds. The Hall–Kier alpha value is -3.40. The summed E-state index contributed by atoms with van der Waals surface area (Å²) >= 11 is 0. The molecule has 0 aliphatic rings. The molecule has 0 radical (unpaired) electrons. The highest BCUT2D eigenvalue weighted by atomic mass is 16.4. The van der Waals surface area contributed by atoms with Crippen LogP contribution in [-0.4, -0.2) is 16.1 Å². The van der Waals surface area contributed by atoms with Gasteiger partial charge in [-0.25, -0.2) is 9.78 Å². The number of benzene rings is 2. The van der Waals surface area contributed by atoms with Crippen LogP contribution in [0, 0.1) is 13.8 Å². The van der Waals surface area contributed by atoms with E-state index in [2.05, 4.69) is 0 Å². The van der Waals surface area contributed by atoms with Gasteiger partial charge in [-0.15, -0.1) is 0 Å². The van der Waals surface area contributed by atoms with E-state index in [1.165, 1.54) is 0 Å². The zero-order chi connectivity index (χ0) is 18.3. The summed E-state index contributed by atoms with van der Waals surface area (Å²) in [5, 5.41) is 10.3. The van der Waals surface area contributed by atoms with Gasteiger partial charge in [0.2, 0.25) is 0 Å². The fourth-order valence-electron chi connectivity index (χ4n) is 3.25. The molecular weight excluding hydrogens is 326 g/mol. The summed E-state index contributed by atoms with van der Waals surface area (Å²) in [6, 6.07) is 17.0. The fraction of sp³-hybridized carbons (Fsp3) is 0.0909. The van der Waals surface area contributed by atoms with Crippen LogP contribution >= 0.6 is 0 Å². The van der Waals surface area contributed by atoms with E-state index in [0.717, 1.165) is 33.5 Å². The summed E-state index contributed by atoms with van der Waals surface area (Å²) in [5.74, 6) is -0.156. The highest BCUT2D eigenvalue weighted by molar-refractivity contribution is 6.04. The third-order valence-electron chi connectivity index (χ3n) is 4.47. The minimum absolute atomic E-state index is 0.270. The van der Waals surface area contributed by atoms with Crippen LogP contribution in [0.3, 0.4) is 0 Å². The monoisotopic (exact) mass is 343 g/mol. The molecule has 4 heteroatoms. The lowest BCUT2D eigenvalue weighted by molar-refractivity contribution is 0.0699. The van der Waals surface area contributed by atoms with Crippen molar-refractivity contribution in [1.29, 1.82) is 0 Å². The number of carboxylic acids is 1. The molecular formula is C22H17NO3. The molecule has 4 aromatic rings. The molecule has 1 N–H and O–H groups in total. The Balaban J connectivity index is 1.88. The summed E-state index contributed by atoms with van der Waals surface area (Å²) in [6.07, 6.45) is 1.64. The quantitative estimate of drug-likeness (QED) is 0.535. The van der Waals surface area contributed by atoms with Crippen molar-refractivity contribution in [2.45, 2.75) is 13.8 Å². The Morgan fingerprint density at radius 2 is 1.73 bits per heavy atom. The van der Waals surface area contributed by atoms with Crippen LogP contribution in [-0.2, 0) is 0 Å². The van der Waals surface area contributed by atoms with Crippen molar-refractivity contribution in [1.82, 2.24) is 4.98 Å². The highest BCUT2D eigenvalue weighted by Gasteiger charge is 2.15. The van der Waals surface area contributed by atoms with Gasteiger partial charge in [0.1, 0.15) is 5.76 Å². The summed E-state index contributed by atoms with van der Waals surface area (Å²) in [7, 11) is 0. The molecule has 0 saturated carbocycles. The van der Waals surface area contributed by atoms with Crippen LogP contribution in [0.2, 0.25) is 0 Å². The number of furan rings is 1. The molecule has 0 aliphatic carbocycles. The number of aryl methyl sites for hydroxylation is 2. The first-order valence-corrected chi connectivity index (χ1v) is 8.32. The average Bonchev–Trinajstić information content (AvgIpc) is 3.15. The number of nitrogens with zero attached hydrogens (tertiary/aromatic N) is 1. The Labute approximate surface area is 150 Å². The van der Waals surface area contributed by atoms with Gasteiger partial charge in [0.15, 0.2) is 0 Å². The Morgan fingerprint density at radius 3 is 2.38 bits per heavy atom. The Kier molecular flexibility index (Phi) is 3.81. The van der Waals surface area contributed by atoms with E-state index in [-0.39, 0.29) is 5.56 Å². The first-order valence-electron chi connectivity index (χ1n) is 8.32. The zero-order valence-electron chi connectivity index (χ0n) is 14.5. The van der Waals surface area contributed by atoms with Crippen molar-refractivity contribution < 1.29 is 14.3 Å². The van der Waals surface area contributed by atoms with Crippen LogP contribution in [0.15, 0.2) is 65.3 Å². The number of hydrogen-bond donors (Lipinski definition) is 1. The number of hydrogen-bond acceptors (Lipinski definition) is 3. The van der Waals surface area contributed by atoms with Crippen molar-refractivity contribution in [3.05, 3.63) is 77.6 Å². The van der Waals surface area contributed by atoms with Gasteiger partial charge in [-0.3, -0.25) is 0 Å². The maximum absolute atomic E-state index is 11.8. The zero-order valence-corrected chi connectivity index (χ0v) is 14.5. The smallest absolute Gasteiger partial charge is 0.336 e. The second-order valence-electron chi connectivity index (χ2n) is 6.39. The SMILES string of the molecule is Cc1cc(C)c2nc(-c3ccc(-c4ccco4)cc3)cc(C(=O)O)c2c1. The molecule has 2 aromatic carbocycles. The number of aromatic carboxylic acids is 1. The third-order valence-corrected chi connectivity index (χ3v) is 4.47. The molecule has 0 atom stereocenters. The molecule has 0 fully saturated rings. The molecule has 0 spiro atoms. The van der Waals surface area contributed by atoms with Gasteiger partial charge in [0.05, 0.1) is 23.0 Å². The largest absolute Gasteiger partial charge is 0.478 e. The number of carbonyl (C=O) groups is 1. The van der Waals surface area contributed by atoms with E-state index in [1.54, 1.807) is 12.3 Å². The molecule has 2 heterocycles. The van der Waals surface area contributed by atoms with Gasteiger partial charge in [-0.1, -0.05) is 35.9 Å². The van der Waals surface area contributed by atoms with E-state index >= 15 is 0 Å². The predicted molar refractivity (Wildman–Crippen MR) is 101 cm³/mol. The van der Waals surface area contributed by atoms with E-state index in [4.69, 9.17) is 9.40 Å². The van der Waals surface area contributed by atoms with E-state index < -0.39 is 5.97 Å². The molecule has 2 aromatic heterocycles. The average molecular weight is 343 g/mol. The first kappa shape index (κ1) is 16.1. The number of aromatic nitrogens is 1. The van der Waals surface area contributed by atoms with Crippen LogP contribution in [0.25, 0.3) is 33.5 Å².